The number of carboxylic acid groups (broad SMARTS) is 1. The molecule has 126 valence electrons. The van der Waals surface area contributed by atoms with Crippen LogP contribution >= 0.6 is 0 Å². The van der Waals surface area contributed by atoms with Gasteiger partial charge in [0.15, 0.2) is 0 Å². The first-order chi connectivity index (χ1) is 11.3. The van der Waals surface area contributed by atoms with E-state index in [1.165, 1.54) is 5.56 Å². The van der Waals surface area contributed by atoms with Gasteiger partial charge in [-0.15, -0.1) is 0 Å². The summed E-state index contributed by atoms with van der Waals surface area (Å²) in [6, 6.07) is 15.1. The molecule has 0 radical (unpaired) electrons. The summed E-state index contributed by atoms with van der Waals surface area (Å²) in [4.78, 5) is 23.3. The standard InChI is InChI=1S/C20H23NO3/c1-14-4-6-15(7-5-14)8-13-18(22)21-17-11-9-16(10-12-17)20(2,3)19(23)24/h4-7,9-12H,8,13H2,1-3H3,(H,21,22)(H,23,24). The van der Waals surface area contributed by atoms with E-state index in [2.05, 4.69) is 5.32 Å². The number of carboxylic acids is 1. The number of carbonyl (C=O) groups excluding carboxylic acids is 1. The van der Waals surface area contributed by atoms with Crippen LogP contribution in [0.25, 0.3) is 0 Å². The van der Waals surface area contributed by atoms with E-state index in [4.69, 9.17) is 0 Å². The first-order valence-corrected chi connectivity index (χ1v) is 7.98. The first-order valence-electron chi connectivity index (χ1n) is 7.98. The van der Waals surface area contributed by atoms with Crippen molar-refractivity contribution in [3.63, 3.8) is 0 Å². The zero-order valence-corrected chi connectivity index (χ0v) is 14.3. The Balaban J connectivity index is 1.92. The van der Waals surface area contributed by atoms with Crippen LogP contribution in [0.5, 0.6) is 0 Å². The van der Waals surface area contributed by atoms with Gasteiger partial charge < -0.3 is 10.4 Å². The van der Waals surface area contributed by atoms with Crippen LogP contribution in [0.15, 0.2) is 48.5 Å². The minimum absolute atomic E-state index is 0.0548. The second-order valence-electron chi connectivity index (χ2n) is 6.54. The number of aryl methyl sites for hydroxylation is 2. The molecule has 0 unspecified atom stereocenters. The molecule has 0 heterocycles. The second kappa shape index (κ2) is 7.30. The zero-order chi connectivity index (χ0) is 17.7. The van der Waals surface area contributed by atoms with Gasteiger partial charge in [-0.1, -0.05) is 42.0 Å². The summed E-state index contributed by atoms with van der Waals surface area (Å²) in [6.07, 6.45) is 1.10. The van der Waals surface area contributed by atoms with Crippen LogP contribution in [0, 0.1) is 6.92 Å². The Kier molecular flexibility index (Phi) is 5.39. The Labute approximate surface area is 142 Å². The predicted molar refractivity (Wildman–Crippen MR) is 95.2 cm³/mol. The van der Waals surface area contributed by atoms with Gasteiger partial charge in [-0.3, -0.25) is 9.59 Å². The average molecular weight is 325 g/mol. The summed E-state index contributed by atoms with van der Waals surface area (Å²) in [5, 5.41) is 12.1. The lowest BCUT2D eigenvalue weighted by atomic mass is 9.85. The van der Waals surface area contributed by atoms with Gasteiger partial charge in [0.1, 0.15) is 0 Å². The number of rotatable bonds is 6. The number of carbonyl (C=O) groups is 2. The van der Waals surface area contributed by atoms with Gasteiger partial charge in [-0.2, -0.15) is 0 Å². The monoisotopic (exact) mass is 325 g/mol. The van der Waals surface area contributed by atoms with Gasteiger partial charge in [-0.05, 0) is 50.5 Å². The molecule has 1 amide bonds. The van der Waals surface area contributed by atoms with E-state index in [0.717, 1.165) is 5.56 Å². The van der Waals surface area contributed by atoms with Crippen LogP contribution in [0.3, 0.4) is 0 Å². The van der Waals surface area contributed by atoms with Crippen molar-refractivity contribution in [2.75, 3.05) is 5.32 Å². The summed E-state index contributed by atoms with van der Waals surface area (Å²) < 4.78 is 0. The molecule has 0 atom stereocenters. The van der Waals surface area contributed by atoms with Crippen molar-refractivity contribution >= 4 is 17.6 Å². The third-order valence-electron chi connectivity index (χ3n) is 4.19. The molecular weight excluding hydrogens is 302 g/mol. The molecule has 0 saturated heterocycles. The molecule has 2 aromatic rings. The number of amides is 1. The van der Waals surface area contributed by atoms with E-state index in [9.17, 15) is 14.7 Å². The summed E-state index contributed by atoms with van der Waals surface area (Å²) in [5.41, 5.74) is 2.76. The van der Waals surface area contributed by atoms with Crippen LogP contribution in [0.1, 0.15) is 37.0 Å². The topological polar surface area (TPSA) is 66.4 Å². The molecule has 2 N–H and O–H groups in total. The molecule has 0 aliphatic rings. The SMILES string of the molecule is Cc1ccc(CCC(=O)Nc2ccc(C(C)(C)C(=O)O)cc2)cc1. The molecule has 24 heavy (non-hydrogen) atoms. The highest BCUT2D eigenvalue weighted by molar-refractivity contribution is 5.91. The molecule has 4 nitrogen and oxygen atoms in total. The van der Waals surface area contributed by atoms with Crippen LogP contribution in [-0.4, -0.2) is 17.0 Å². The third-order valence-corrected chi connectivity index (χ3v) is 4.19. The van der Waals surface area contributed by atoms with Crippen molar-refractivity contribution in [3.8, 4) is 0 Å². The van der Waals surface area contributed by atoms with Crippen molar-refractivity contribution in [2.24, 2.45) is 0 Å². The lowest BCUT2D eigenvalue weighted by molar-refractivity contribution is -0.142. The second-order valence-corrected chi connectivity index (χ2v) is 6.54. The molecule has 0 aliphatic carbocycles. The highest BCUT2D eigenvalue weighted by atomic mass is 16.4. The van der Waals surface area contributed by atoms with E-state index in [0.29, 0.717) is 24.1 Å². The fourth-order valence-electron chi connectivity index (χ4n) is 2.33. The van der Waals surface area contributed by atoms with Gasteiger partial charge >= 0.3 is 5.97 Å². The Bertz CT molecular complexity index is 716. The van der Waals surface area contributed by atoms with Crippen molar-refractivity contribution < 1.29 is 14.7 Å². The smallest absolute Gasteiger partial charge is 0.313 e. The molecule has 0 aromatic heterocycles. The molecule has 0 bridgehead atoms. The molecule has 0 spiro atoms. The van der Waals surface area contributed by atoms with Crippen LogP contribution in [0.4, 0.5) is 5.69 Å². The number of benzene rings is 2. The summed E-state index contributed by atoms with van der Waals surface area (Å²) in [5.74, 6) is -0.932. The molecular formula is C20H23NO3. The first kappa shape index (κ1) is 17.7. The third kappa shape index (κ3) is 4.44. The van der Waals surface area contributed by atoms with E-state index in [1.54, 1.807) is 38.1 Å². The number of hydrogen-bond donors (Lipinski definition) is 2. The minimum Gasteiger partial charge on any atom is -0.481 e. The van der Waals surface area contributed by atoms with Crippen molar-refractivity contribution in [1.82, 2.24) is 0 Å². The number of anilines is 1. The van der Waals surface area contributed by atoms with Gasteiger partial charge in [-0.25, -0.2) is 0 Å². The van der Waals surface area contributed by atoms with Gasteiger partial charge in [0.05, 0.1) is 5.41 Å². The Morgan fingerprint density at radius 1 is 1.00 bits per heavy atom. The highest BCUT2D eigenvalue weighted by Crippen LogP contribution is 2.24. The van der Waals surface area contributed by atoms with E-state index in [1.807, 2.05) is 31.2 Å². The zero-order valence-electron chi connectivity index (χ0n) is 14.3. The maximum atomic E-state index is 12.0. The molecule has 0 aliphatic heterocycles. The number of hydrogen-bond acceptors (Lipinski definition) is 2. The Hall–Kier alpha value is -2.62. The van der Waals surface area contributed by atoms with Crippen LogP contribution in [0.2, 0.25) is 0 Å². The van der Waals surface area contributed by atoms with Gasteiger partial charge in [0.2, 0.25) is 5.91 Å². The predicted octanol–water partition coefficient (Wildman–Crippen LogP) is 3.93. The normalized spacial score (nSPS) is 11.1. The molecule has 2 rings (SSSR count). The fraction of sp³-hybridized carbons (Fsp3) is 0.300. The minimum atomic E-state index is -0.950. The maximum Gasteiger partial charge on any atom is 0.313 e. The number of aliphatic carboxylic acids is 1. The number of nitrogens with one attached hydrogen (secondary N) is 1. The summed E-state index contributed by atoms with van der Waals surface area (Å²) >= 11 is 0. The lowest BCUT2D eigenvalue weighted by Crippen LogP contribution is -2.28. The van der Waals surface area contributed by atoms with Gasteiger partial charge in [0.25, 0.3) is 0 Å². The maximum absolute atomic E-state index is 12.0. The Morgan fingerprint density at radius 3 is 2.12 bits per heavy atom. The van der Waals surface area contributed by atoms with Crippen molar-refractivity contribution in [2.45, 2.75) is 39.0 Å². The summed E-state index contributed by atoms with van der Waals surface area (Å²) in [7, 11) is 0. The summed E-state index contributed by atoms with van der Waals surface area (Å²) in [6.45, 7) is 5.35. The molecule has 2 aromatic carbocycles. The highest BCUT2D eigenvalue weighted by Gasteiger charge is 2.29. The van der Waals surface area contributed by atoms with E-state index >= 15 is 0 Å². The van der Waals surface area contributed by atoms with E-state index in [-0.39, 0.29) is 5.91 Å². The van der Waals surface area contributed by atoms with Crippen molar-refractivity contribution in [1.29, 1.82) is 0 Å². The molecule has 0 saturated carbocycles. The van der Waals surface area contributed by atoms with Crippen LogP contribution < -0.4 is 5.32 Å². The molecule has 4 heteroatoms. The van der Waals surface area contributed by atoms with Crippen LogP contribution in [-0.2, 0) is 21.4 Å². The Morgan fingerprint density at radius 2 is 1.58 bits per heavy atom. The fourth-order valence-corrected chi connectivity index (χ4v) is 2.33. The molecule has 0 fully saturated rings. The van der Waals surface area contributed by atoms with Gasteiger partial charge in [0, 0.05) is 12.1 Å². The van der Waals surface area contributed by atoms with Crippen molar-refractivity contribution in [3.05, 3.63) is 65.2 Å². The average Bonchev–Trinajstić information content (AvgIpc) is 2.54. The van der Waals surface area contributed by atoms with E-state index < -0.39 is 11.4 Å². The quantitative estimate of drug-likeness (QED) is 0.845. The largest absolute Gasteiger partial charge is 0.481 e. The lowest BCUT2D eigenvalue weighted by Gasteiger charge is -2.19.